The van der Waals surface area contributed by atoms with E-state index in [-0.39, 0.29) is 16.7 Å². The van der Waals surface area contributed by atoms with Crippen molar-refractivity contribution in [2.75, 3.05) is 6.61 Å². The molecule has 3 rings (SSSR count). The van der Waals surface area contributed by atoms with Crippen molar-refractivity contribution < 1.29 is 19.1 Å². The number of thioether (sulfide) groups is 1. The first-order valence-electron chi connectivity index (χ1n) is 7.24. The van der Waals surface area contributed by atoms with E-state index in [1.165, 1.54) is 6.08 Å². The molecule has 1 heterocycles. The Morgan fingerprint density at radius 3 is 2.72 bits per heavy atom. The van der Waals surface area contributed by atoms with Crippen molar-refractivity contribution in [3.63, 3.8) is 0 Å². The van der Waals surface area contributed by atoms with Crippen LogP contribution in [0.1, 0.15) is 5.56 Å². The third-order valence-corrected chi connectivity index (χ3v) is 4.03. The minimum Gasteiger partial charge on any atom is -0.479 e. The van der Waals surface area contributed by atoms with Gasteiger partial charge in [0.15, 0.2) is 12.2 Å². The number of aromatic nitrogens is 1. The van der Waals surface area contributed by atoms with E-state index in [0.29, 0.717) is 22.4 Å². The average Bonchev–Trinajstić information content (AvgIpc) is 3.03. The fourth-order valence-corrected chi connectivity index (χ4v) is 2.80. The number of oxazole rings is 1. The predicted molar refractivity (Wildman–Crippen MR) is 93.0 cm³/mol. The molecule has 0 fully saturated rings. The maximum absolute atomic E-state index is 11.5. The summed E-state index contributed by atoms with van der Waals surface area (Å²) in [7, 11) is 0. The summed E-state index contributed by atoms with van der Waals surface area (Å²) in [6, 6.07) is 15.9. The second-order valence-corrected chi connectivity index (χ2v) is 5.87. The third-order valence-electron chi connectivity index (χ3n) is 3.16. The summed E-state index contributed by atoms with van der Waals surface area (Å²) in [4.78, 5) is 15.9. The minimum atomic E-state index is -1.07. The first-order chi connectivity index (χ1) is 12.2. The molecular weight excluding hydrogens is 340 g/mol. The van der Waals surface area contributed by atoms with Gasteiger partial charge in [-0.2, -0.15) is 5.26 Å². The van der Waals surface area contributed by atoms with E-state index < -0.39 is 5.97 Å². The Kier molecular flexibility index (Phi) is 5.02. The van der Waals surface area contributed by atoms with Gasteiger partial charge < -0.3 is 14.3 Å². The second kappa shape index (κ2) is 7.55. The maximum Gasteiger partial charge on any atom is 0.342 e. The molecule has 2 aromatic carbocycles. The number of carboxylic acid groups (broad SMARTS) is 1. The number of benzene rings is 2. The van der Waals surface area contributed by atoms with Crippen molar-refractivity contribution in [1.82, 2.24) is 4.98 Å². The van der Waals surface area contributed by atoms with Gasteiger partial charge in [0.1, 0.15) is 22.2 Å². The highest BCUT2D eigenvalue weighted by Gasteiger charge is 2.14. The summed E-state index contributed by atoms with van der Waals surface area (Å²) in [5.74, 6) is -0.528. The number of aliphatic carboxylic acids is 1. The topological polar surface area (TPSA) is 96.4 Å². The van der Waals surface area contributed by atoms with Crippen LogP contribution in [0.4, 0.5) is 0 Å². The number of nitriles is 1. The molecule has 25 heavy (non-hydrogen) atoms. The number of carboxylic acids is 1. The van der Waals surface area contributed by atoms with Gasteiger partial charge in [0.05, 0.1) is 0 Å². The molecule has 0 bridgehead atoms. The standard InChI is InChI=1S/C18H12N2O4S/c19-9-10-23-13-7-5-12(6-8-13)11-16(17(21)22)25-18-20-14-3-1-2-4-15(14)24-18/h1-8,11H,10H2,(H,21,22)/b16-11+. The van der Waals surface area contributed by atoms with E-state index in [0.717, 1.165) is 11.8 Å². The largest absolute Gasteiger partial charge is 0.479 e. The lowest BCUT2D eigenvalue weighted by Crippen LogP contribution is -1.97. The summed E-state index contributed by atoms with van der Waals surface area (Å²) in [5, 5.41) is 18.2. The monoisotopic (exact) mass is 352 g/mol. The van der Waals surface area contributed by atoms with Crippen LogP contribution in [-0.4, -0.2) is 22.7 Å². The number of para-hydroxylation sites is 2. The lowest BCUT2D eigenvalue weighted by Gasteiger charge is -2.02. The van der Waals surface area contributed by atoms with Crippen molar-refractivity contribution in [3.05, 3.63) is 59.0 Å². The Balaban J connectivity index is 1.81. The first kappa shape index (κ1) is 16.6. The third kappa shape index (κ3) is 4.19. The van der Waals surface area contributed by atoms with Gasteiger partial charge in [0.2, 0.25) is 0 Å². The van der Waals surface area contributed by atoms with E-state index in [1.807, 2.05) is 18.2 Å². The number of rotatable bonds is 6. The molecule has 0 aliphatic rings. The summed E-state index contributed by atoms with van der Waals surface area (Å²) < 4.78 is 10.7. The Bertz CT molecular complexity index is 938. The van der Waals surface area contributed by atoms with Gasteiger partial charge >= 0.3 is 5.97 Å². The zero-order valence-corrected chi connectivity index (χ0v) is 13.7. The fourth-order valence-electron chi connectivity index (χ4n) is 2.05. The number of fused-ring (bicyclic) bond motifs is 1. The van der Waals surface area contributed by atoms with Crippen molar-refractivity contribution in [2.45, 2.75) is 5.22 Å². The van der Waals surface area contributed by atoms with Crippen LogP contribution >= 0.6 is 11.8 Å². The number of ether oxygens (including phenoxy) is 1. The van der Waals surface area contributed by atoms with Crippen LogP contribution in [-0.2, 0) is 4.79 Å². The highest BCUT2D eigenvalue weighted by atomic mass is 32.2. The summed E-state index contributed by atoms with van der Waals surface area (Å²) in [6.07, 6.45) is 1.52. The summed E-state index contributed by atoms with van der Waals surface area (Å²) in [5.41, 5.74) is 1.97. The van der Waals surface area contributed by atoms with Crippen LogP contribution in [0.25, 0.3) is 17.2 Å². The highest BCUT2D eigenvalue weighted by molar-refractivity contribution is 8.03. The molecule has 7 heteroatoms. The van der Waals surface area contributed by atoms with Gasteiger partial charge in [-0.25, -0.2) is 9.78 Å². The van der Waals surface area contributed by atoms with Crippen molar-refractivity contribution in [2.24, 2.45) is 0 Å². The first-order valence-corrected chi connectivity index (χ1v) is 8.05. The molecule has 1 N–H and O–H groups in total. The van der Waals surface area contributed by atoms with Crippen LogP contribution in [0.15, 0.2) is 63.1 Å². The molecule has 124 valence electrons. The highest BCUT2D eigenvalue weighted by Crippen LogP contribution is 2.30. The van der Waals surface area contributed by atoms with Gasteiger partial charge in [-0.15, -0.1) is 0 Å². The zero-order valence-electron chi connectivity index (χ0n) is 12.9. The van der Waals surface area contributed by atoms with Crippen molar-refractivity contribution >= 4 is 34.9 Å². The molecule has 0 spiro atoms. The molecule has 0 atom stereocenters. The molecule has 0 radical (unpaired) electrons. The summed E-state index contributed by atoms with van der Waals surface area (Å²) in [6.45, 7) is -0.0386. The Morgan fingerprint density at radius 2 is 2.04 bits per heavy atom. The Morgan fingerprint density at radius 1 is 1.28 bits per heavy atom. The maximum atomic E-state index is 11.5. The van der Waals surface area contributed by atoms with E-state index in [4.69, 9.17) is 14.4 Å². The average molecular weight is 352 g/mol. The van der Waals surface area contributed by atoms with Gasteiger partial charge in [-0.05, 0) is 47.7 Å². The van der Waals surface area contributed by atoms with Crippen LogP contribution < -0.4 is 4.74 Å². The van der Waals surface area contributed by atoms with Crippen molar-refractivity contribution in [1.29, 1.82) is 5.26 Å². The number of hydrogen-bond acceptors (Lipinski definition) is 6. The number of carbonyl (C=O) groups is 1. The SMILES string of the molecule is N#CCOc1ccc(/C=C(/Sc2nc3ccccc3o2)C(=O)O)cc1. The molecule has 0 unspecified atom stereocenters. The van der Waals surface area contributed by atoms with Gasteiger partial charge in [0, 0.05) is 0 Å². The lowest BCUT2D eigenvalue weighted by molar-refractivity contribution is -0.131. The van der Waals surface area contributed by atoms with E-state index in [2.05, 4.69) is 4.98 Å². The molecule has 0 saturated heterocycles. The number of hydrogen-bond donors (Lipinski definition) is 1. The quantitative estimate of drug-likeness (QED) is 0.530. The van der Waals surface area contributed by atoms with Crippen LogP contribution in [0.3, 0.4) is 0 Å². The van der Waals surface area contributed by atoms with Crippen LogP contribution in [0.5, 0.6) is 5.75 Å². The molecular formula is C18H12N2O4S. The molecule has 0 saturated carbocycles. The van der Waals surface area contributed by atoms with Crippen molar-refractivity contribution in [3.8, 4) is 11.8 Å². The van der Waals surface area contributed by atoms with E-state index in [1.54, 1.807) is 36.4 Å². The predicted octanol–water partition coefficient (Wildman–Crippen LogP) is 3.95. The fraction of sp³-hybridized carbons (Fsp3) is 0.0556. The zero-order chi connectivity index (χ0) is 17.6. The minimum absolute atomic E-state index is 0.0386. The van der Waals surface area contributed by atoms with Gasteiger partial charge in [-0.1, -0.05) is 24.3 Å². The molecule has 6 nitrogen and oxygen atoms in total. The molecule has 0 amide bonds. The summed E-state index contributed by atoms with van der Waals surface area (Å²) >= 11 is 0.945. The van der Waals surface area contributed by atoms with E-state index in [9.17, 15) is 9.90 Å². The van der Waals surface area contributed by atoms with Crippen LogP contribution in [0, 0.1) is 11.3 Å². The molecule has 1 aromatic heterocycles. The van der Waals surface area contributed by atoms with E-state index >= 15 is 0 Å². The smallest absolute Gasteiger partial charge is 0.342 e. The van der Waals surface area contributed by atoms with Gasteiger partial charge in [-0.3, -0.25) is 0 Å². The van der Waals surface area contributed by atoms with Crippen LogP contribution in [0.2, 0.25) is 0 Å². The molecule has 0 aliphatic heterocycles. The second-order valence-electron chi connectivity index (χ2n) is 4.88. The van der Waals surface area contributed by atoms with Gasteiger partial charge in [0.25, 0.3) is 5.22 Å². The normalized spacial score (nSPS) is 11.2. The lowest BCUT2D eigenvalue weighted by atomic mass is 10.2. The molecule has 0 aliphatic carbocycles. The Labute approximate surface area is 147 Å². The Hall–Kier alpha value is -3.24. The molecule has 3 aromatic rings. The number of nitrogens with zero attached hydrogens (tertiary/aromatic N) is 2.